The van der Waals surface area contributed by atoms with Gasteiger partial charge in [0.05, 0.1) is 22.7 Å². The Kier molecular flexibility index (Phi) is 7.14. The molecule has 6 nitrogen and oxygen atoms in total. The number of carbonyl (C=O) groups is 2. The van der Waals surface area contributed by atoms with Gasteiger partial charge in [-0.05, 0) is 52.5 Å². The molecule has 2 heterocycles. The molecule has 0 spiro atoms. The lowest BCUT2D eigenvalue weighted by Gasteiger charge is -2.51. The maximum atomic E-state index is 13.5. The number of carbonyl (C=O) groups excluding carboxylic acids is 1. The molecule has 0 aromatic carbocycles. The second-order valence-corrected chi connectivity index (χ2v) is 10.9. The third-order valence-corrected chi connectivity index (χ3v) is 7.20. The van der Waals surface area contributed by atoms with Gasteiger partial charge >= 0.3 is 5.97 Å². The molecule has 2 atom stereocenters. The highest BCUT2D eigenvalue weighted by Crippen LogP contribution is 2.44. The molecule has 1 saturated heterocycles. The van der Waals surface area contributed by atoms with Crippen LogP contribution in [0.5, 0.6) is 0 Å². The van der Waals surface area contributed by atoms with Crippen molar-refractivity contribution >= 4 is 28.9 Å². The van der Waals surface area contributed by atoms with Crippen molar-refractivity contribution in [1.82, 2.24) is 0 Å². The third-order valence-electron chi connectivity index (χ3n) is 6.17. The average Bonchev–Trinajstić information content (AvgIpc) is 3.13. The molecule has 2 N–H and O–H groups in total. The smallest absolute Gasteiger partial charge is 0.348 e. The molecule has 1 aliphatic heterocycles. The molecule has 7 heteroatoms. The first kappa shape index (κ1) is 23.8. The summed E-state index contributed by atoms with van der Waals surface area (Å²) in [4.78, 5) is 28.1. The number of thiophene rings is 1. The van der Waals surface area contributed by atoms with Crippen LogP contribution in [-0.4, -0.2) is 46.9 Å². The van der Waals surface area contributed by atoms with Gasteiger partial charge < -0.3 is 14.9 Å². The quantitative estimate of drug-likeness (QED) is 0.657. The first-order chi connectivity index (χ1) is 14.6. The summed E-state index contributed by atoms with van der Waals surface area (Å²) in [6, 6.07) is 1.74. The Morgan fingerprint density at radius 3 is 2.58 bits per heavy atom. The van der Waals surface area contributed by atoms with Crippen molar-refractivity contribution in [1.29, 1.82) is 0 Å². The highest BCUT2D eigenvalue weighted by atomic mass is 32.1. The van der Waals surface area contributed by atoms with Gasteiger partial charge in [-0.25, -0.2) is 4.79 Å². The maximum absolute atomic E-state index is 13.5. The molecule has 31 heavy (non-hydrogen) atoms. The van der Waals surface area contributed by atoms with Gasteiger partial charge in [-0.2, -0.15) is 0 Å². The number of carboxylic acids is 1. The number of morpholine rings is 1. The van der Waals surface area contributed by atoms with Crippen LogP contribution < -0.4 is 4.90 Å². The fourth-order valence-electron chi connectivity index (χ4n) is 4.56. The van der Waals surface area contributed by atoms with E-state index in [9.17, 15) is 19.8 Å². The van der Waals surface area contributed by atoms with Gasteiger partial charge in [0.1, 0.15) is 11.0 Å². The van der Waals surface area contributed by atoms with E-state index in [0.29, 0.717) is 17.2 Å². The van der Waals surface area contributed by atoms with Crippen LogP contribution >= 0.6 is 11.3 Å². The Morgan fingerprint density at radius 1 is 1.32 bits per heavy atom. The van der Waals surface area contributed by atoms with E-state index in [4.69, 9.17) is 4.74 Å². The van der Waals surface area contributed by atoms with E-state index in [1.807, 2.05) is 27.7 Å². The monoisotopic (exact) mass is 447 g/mol. The SMILES string of the molecule is CC(C)(C)C#Cc1cc(N2C(=O)C(CCO)OCC2(C)C2CCCCC2)c(C(=O)O)s1. The lowest BCUT2D eigenvalue weighted by molar-refractivity contribution is -0.143. The standard InChI is InChI=1S/C24H33NO5S/c1-23(2,3)12-10-17-14-18(20(31-17)22(28)29)25-21(27)19(11-13-26)30-15-24(25,4)16-8-6-5-7-9-16/h14,16,19,26H,5-9,11,13,15H2,1-4H3,(H,28,29). The zero-order valence-electron chi connectivity index (χ0n) is 18.9. The van der Waals surface area contributed by atoms with Crippen LogP contribution in [0.4, 0.5) is 5.69 Å². The zero-order valence-corrected chi connectivity index (χ0v) is 19.7. The molecule has 2 fully saturated rings. The van der Waals surface area contributed by atoms with E-state index in [1.165, 1.54) is 6.42 Å². The second-order valence-electron chi connectivity index (χ2n) is 9.81. The number of aromatic carboxylic acids is 1. The molecular weight excluding hydrogens is 414 g/mol. The van der Waals surface area contributed by atoms with E-state index >= 15 is 0 Å². The summed E-state index contributed by atoms with van der Waals surface area (Å²) in [6.07, 6.45) is 4.77. The van der Waals surface area contributed by atoms with Crippen LogP contribution in [0.25, 0.3) is 0 Å². The molecule has 170 valence electrons. The Hall–Kier alpha value is -1.88. The lowest BCUT2D eigenvalue weighted by atomic mass is 9.74. The minimum Gasteiger partial charge on any atom is -0.477 e. The second kappa shape index (κ2) is 9.32. The van der Waals surface area contributed by atoms with Gasteiger partial charge in [0.25, 0.3) is 5.91 Å². The predicted molar refractivity (Wildman–Crippen MR) is 122 cm³/mol. The first-order valence-electron chi connectivity index (χ1n) is 11.0. The lowest BCUT2D eigenvalue weighted by Crippen LogP contribution is -2.65. The number of aliphatic hydroxyl groups excluding tert-OH is 1. The van der Waals surface area contributed by atoms with Crippen LogP contribution in [0.2, 0.25) is 0 Å². The number of amides is 1. The van der Waals surface area contributed by atoms with E-state index in [1.54, 1.807) is 11.0 Å². The van der Waals surface area contributed by atoms with Crippen molar-refractivity contribution in [2.24, 2.45) is 11.3 Å². The molecule has 1 aromatic rings. The van der Waals surface area contributed by atoms with E-state index in [2.05, 4.69) is 11.8 Å². The summed E-state index contributed by atoms with van der Waals surface area (Å²) in [7, 11) is 0. The molecule has 2 aliphatic rings. The molecular formula is C24H33NO5S. The Labute approximate surface area is 188 Å². The fraction of sp³-hybridized carbons (Fsp3) is 0.667. The Balaban J connectivity index is 2.10. The number of carboxylic acid groups (broad SMARTS) is 1. The van der Waals surface area contributed by atoms with Crippen LogP contribution in [-0.2, 0) is 9.53 Å². The number of nitrogens with zero attached hydrogens (tertiary/aromatic N) is 1. The third kappa shape index (κ3) is 5.14. The Morgan fingerprint density at radius 2 is 2.00 bits per heavy atom. The number of aliphatic hydroxyl groups is 1. The number of anilines is 1. The number of rotatable bonds is 5. The topological polar surface area (TPSA) is 87.1 Å². The highest BCUT2D eigenvalue weighted by molar-refractivity contribution is 7.15. The van der Waals surface area contributed by atoms with Gasteiger partial charge in [-0.15, -0.1) is 11.3 Å². The Bertz CT molecular complexity index is 884. The molecule has 1 aliphatic carbocycles. The van der Waals surface area contributed by atoms with Gasteiger partial charge in [-0.1, -0.05) is 31.1 Å². The minimum atomic E-state index is -1.06. The van der Waals surface area contributed by atoms with E-state index in [0.717, 1.165) is 37.0 Å². The molecule has 0 bridgehead atoms. The molecule has 0 radical (unpaired) electrons. The van der Waals surface area contributed by atoms with Crippen LogP contribution in [0.3, 0.4) is 0 Å². The number of hydrogen-bond donors (Lipinski definition) is 2. The van der Waals surface area contributed by atoms with E-state index < -0.39 is 17.6 Å². The molecule has 1 saturated carbocycles. The van der Waals surface area contributed by atoms with Crippen molar-refractivity contribution < 1.29 is 24.5 Å². The van der Waals surface area contributed by atoms with Crippen LogP contribution in [0.1, 0.15) is 80.8 Å². The molecule has 2 unspecified atom stereocenters. The van der Waals surface area contributed by atoms with Crippen molar-refractivity contribution in [3.8, 4) is 11.8 Å². The van der Waals surface area contributed by atoms with Crippen molar-refractivity contribution in [3.63, 3.8) is 0 Å². The molecule has 1 aromatic heterocycles. The zero-order chi connectivity index (χ0) is 22.8. The first-order valence-corrected chi connectivity index (χ1v) is 11.9. The predicted octanol–water partition coefficient (Wildman–Crippen LogP) is 4.30. The highest BCUT2D eigenvalue weighted by Gasteiger charge is 2.50. The fourth-order valence-corrected chi connectivity index (χ4v) is 5.39. The summed E-state index contributed by atoms with van der Waals surface area (Å²) >= 11 is 1.11. The van der Waals surface area contributed by atoms with E-state index in [-0.39, 0.29) is 35.1 Å². The van der Waals surface area contributed by atoms with Gasteiger partial charge in [0.15, 0.2) is 0 Å². The summed E-state index contributed by atoms with van der Waals surface area (Å²) in [5.74, 6) is 5.14. The van der Waals surface area contributed by atoms with Crippen molar-refractivity contribution in [2.45, 2.75) is 77.9 Å². The van der Waals surface area contributed by atoms with Crippen LogP contribution in [0.15, 0.2) is 6.07 Å². The van der Waals surface area contributed by atoms with Crippen LogP contribution in [0, 0.1) is 23.2 Å². The van der Waals surface area contributed by atoms with Crippen molar-refractivity contribution in [2.75, 3.05) is 18.1 Å². The minimum absolute atomic E-state index is 0.123. The van der Waals surface area contributed by atoms with Gasteiger partial charge in [0, 0.05) is 18.4 Å². The average molecular weight is 448 g/mol. The summed E-state index contributed by atoms with van der Waals surface area (Å²) in [5.41, 5.74) is -0.450. The number of ether oxygens (including phenoxy) is 1. The molecule has 1 amide bonds. The largest absolute Gasteiger partial charge is 0.477 e. The maximum Gasteiger partial charge on any atom is 0.348 e. The van der Waals surface area contributed by atoms with Gasteiger partial charge in [0.2, 0.25) is 0 Å². The summed E-state index contributed by atoms with van der Waals surface area (Å²) < 4.78 is 5.93. The summed E-state index contributed by atoms with van der Waals surface area (Å²) in [6.45, 7) is 8.17. The van der Waals surface area contributed by atoms with Gasteiger partial charge in [-0.3, -0.25) is 9.69 Å². The summed E-state index contributed by atoms with van der Waals surface area (Å²) in [5, 5.41) is 19.3. The normalized spacial score (nSPS) is 25.3. The van der Waals surface area contributed by atoms with Crippen molar-refractivity contribution in [3.05, 3.63) is 15.8 Å². The number of hydrogen-bond acceptors (Lipinski definition) is 5. The molecule has 3 rings (SSSR count).